The van der Waals surface area contributed by atoms with E-state index in [1.165, 1.54) is 11.4 Å². The van der Waals surface area contributed by atoms with Crippen molar-refractivity contribution in [1.29, 1.82) is 0 Å². The van der Waals surface area contributed by atoms with E-state index in [4.69, 9.17) is 9.47 Å². The molecule has 0 saturated carbocycles. The fourth-order valence-electron chi connectivity index (χ4n) is 5.16. The number of aliphatic hydroxyl groups is 1. The third-order valence-corrected chi connectivity index (χ3v) is 9.69. The molecule has 11 nitrogen and oxygen atoms in total. The van der Waals surface area contributed by atoms with Gasteiger partial charge in [0.2, 0.25) is 21.8 Å². The summed E-state index contributed by atoms with van der Waals surface area (Å²) in [7, 11) is -2.26. The van der Waals surface area contributed by atoms with Crippen LogP contribution >= 0.6 is 0 Å². The summed E-state index contributed by atoms with van der Waals surface area (Å²) in [6.45, 7) is 7.37. The van der Waals surface area contributed by atoms with Crippen molar-refractivity contribution in [3.63, 3.8) is 0 Å². The molecule has 0 aliphatic carbocycles. The van der Waals surface area contributed by atoms with Crippen molar-refractivity contribution < 1.29 is 32.6 Å². The highest BCUT2D eigenvalue weighted by molar-refractivity contribution is 7.89. The number of fused-ring (bicyclic) bond motifs is 1. The van der Waals surface area contributed by atoms with Crippen molar-refractivity contribution in [3.05, 3.63) is 54.1 Å². The minimum Gasteiger partial charge on any atom is -0.488 e. The van der Waals surface area contributed by atoms with Gasteiger partial charge in [0.25, 0.3) is 0 Å². The molecular weight excluding hydrogens is 560 g/mol. The molecule has 2 aromatic carbocycles. The number of carbonyl (C=O) groups is 2. The molecule has 1 fully saturated rings. The second kappa shape index (κ2) is 14.4. The average Bonchev–Trinajstić information content (AvgIpc) is 3.04. The Balaban J connectivity index is 1.56. The number of amides is 2. The first kappa shape index (κ1) is 31.9. The van der Waals surface area contributed by atoms with Crippen LogP contribution in [0.25, 0.3) is 0 Å². The third-order valence-electron chi connectivity index (χ3n) is 7.85. The number of morpholine rings is 1. The lowest BCUT2D eigenvalue weighted by Crippen LogP contribution is -2.48. The Labute approximate surface area is 248 Å². The van der Waals surface area contributed by atoms with Gasteiger partial charge in [0.15, 0.2) is 0 Å². The van der Waals surface area contributed by atoms with E-state index in [9.17, 15) is 23.1 Å². The summed E-state index contributed by atoms with van der Waals surface area (Å²) in [5, 5.41) is 12.8. The number of ether oxygens (including phenoxy) is 2. The van der Waals surface area contributed by atoms with Gasteiger partial charge >= 0.3 is 0 Å². The predicted molar refractivity (Wildman–Crippen MR) is 159 cm³/mol. The number of anilines is 1. The molecule has 0 bridgehead atoms. The van der Waals surface area contributed by atoms with E-state index in [1.54, 1.807) is 60.4 Å². The molecule has 42 heavy (non-hydrogen) atoms. The summed E-state index contributed by atoms with van der Waals surface area (Å²) < 4.78 is 39.6. The Kier molecular flexibility index (Phi) is 11.0. The molecule has 2 aliphatic rings. The first-order valence-corrected chi connectivity index (χ1v) is 15.8. The maximum Gasteiger partial charge on any atom is 0.242 e. The average molecular weight is 603 g/mol. The summed E-state index contributed by atoms with van der Waals surface area (Å²) in [5.74, 6) is -0.126. The van der Waals surface area contributed by atoms with E-state index >= 15 is 0 Å². The van der Waals surface area contributed by atoms with Crippen molar-refractivity contribution in [2.24, 2.45) is 5.92 Å². The molecule has 0 unspecified atom stereocenters. The normalized spacial score (nSPS) is 21.1. The zero-order chi connectivity index (χ0) is 30.3. The fourth-order valence-corrected chi connectivity index (χ4v) is 6.36. The number of sulfonamides is 1. The number of nitrogens with zero attached hydrogens (tertiary/aromatic N) is 3. The van der Waals surface area contributed by atoms with Gasteiger partial charge in [0.1, 0.15) is 11.9 Å². The van der Waals surface area contributed by atoms with Gasteiger partial charge < -0.3 is 24.8 Å². The van der Waals surface area contributed by atoms with Crippen molar-refractivity contribution in [2.45, 2.75) is 43.7 Å². The topological polar surface area (TPSA) is 129 Å². The van der Waals surface area contributed by atoms with Crippen LogP contribution in [0.2, 0.25) is 0 Å². The number of nitrogens with one attached hydrogen (secondary N) is 1. The van der Waals surface area contributed by atoms with Crippen LogP contribution in [-0.4, -0.2) is 111 Å². The van der Waals surface area contributed by atoms with Crippen LogP contribution in [0.15, 0.2) is 53.4 Å². The monoisotopic (exact) mass is 602 g/mol. The predicted octanol–water partition coefficient (Wildman–Crippen LogP) is 1.82. The van der Waals surface area contributed by atoms with Crippen LogP contribution in [0.3, 0.4) is 0 Å². The number of carbonyl (C=O) groups excluding carboxylic acids is 2. The van der Waals surface area contributed by atoms with Crippen molar-refractivity contribution in [3.8, 4) is 5.75 Å². The lowest BCUT2D eigenvalue weighted by molar-refractivity contribution is -0.134. The van der Waals surface area contributed by atoms with Gasteiger partial charge in [-0.15, -0.1) is 0 Å². The largest absolute Gasteiger partial charge is 0.488 e. The third kappa shape index (κ3) is 8.07. The van der Waals surface area contributed by atoms with E-state index in [0.717, 1.165) is 13.1 Å². The van der Waals surface area contributed by atoms with Crippen LogP contribution in [0, 0.1) is 5.92 Å². The van der Waals surface area contributed by atoms with Crippen molar-refractivity contribution in [2.75, 3.05) is 64.9 Å². The molecule has 2 amide bonds. The standard InChI is InChI=1S/C30H42N4O7S/c1-22-19-34(23(2)21-35)30(37)18-24-17-25(31-29(36)11-12-33-13-15-40-16-14-33)9-10-27(24)41-28(22)20-32(3)42(38,39)26-7-5-4-6-8-26/h4-10,17,22-23,28,35H,11-16,18-21H2,1-3H3,(H,31,36)/t22-,23+,28-/m1/s1. The van der Waals surface area contributed by atoms with Gasteiger partial charge in [-0.1, -0.05) is 25.1 Å². The maximum atomic E-state index is 13.5. The van der Waals surface area contributed by atoms with E-state index in [0.29, 0.717) is 43.2 Å². The number of aliphatic hydroxyl groups excluding tert-OH is 1. The highest BCUT2D eigenvalue weighted by Crippen LogP contribution is 2.30. The van der Waals surface area contributed by atoms with Gasteiger partial charge in [-0.25, -0.2) is 8.42 Å². The molecule has 2 heterocycles. The Morgan fingerprint density at radius 2 is 1.88 bits per heavy atom. The number of hydrogen-bond acceptors (Lipinski definition) is 8. The lowest BCUT2D eigenvalue weighted by Gasteiger charge is -2.33. The summed E-state index contributed by atoms with van der Waals surface area (Å²) >= 11 is 0. The Morgan fingerprint density at radius 1 is 1.17 bits per heavy atom. The molecular formula is C30H42N4O7S. The summed E-state index contributed by atoms with van der Waals surface area (Å²) in [6.07, 6.45) is -0.259. The number of benzene rings is 2. The van der Waals surface area contributed by atoms with Crippen LogP contribution in [0.1, 0.15) is 25.8 Å². The van der Waals surface area contributed by atoms with Crippen LogP contribution < -0.4 is 10.1 Å². The SMILES string of the molecule is C[C@@H]1CN([C@@H](C)CO)C(=O)Cc2cc(NC(=O)CCN3CCOCC3)ccc2O[C@@H]1CN(C)S(=O)(=O)c1ccccc1. The minimum atomic E-state index is -3.77. The van der Waals surface area contributed by atoms with Crippen molar-refractivity contribution in [1.82, 2.24) is 14.1 Å². The molecule has 12 heteroatoms. The van der Waals surface area contributed by atoms with E-state index in [1.807, 2.05) is 6.92 Å². The van der Waals surface area contributed by atoms with Gasteiger partial charge in [0.05, 0.1) is 43.7 Å². The quantitative estimate of drug-likeness (QED) is 0.422. The number of rotatable bonds is 10. The molecule has 1 saturated heterocycles. The molecule has 2 aromatic rings. The van der Waals surface area contributed by atoms with Crippen LogP contribution in [0.5, 0.6) is 5.75 Å². The second-order valence-electron chi connectivity index (χ2n) is 11.1. The molecule has 230 valence electrons. The number of likely N-dealkylation sites (N-methyl/N-ethyl adjacent to an activating group) is 1. The Morgan fingerprint density at radius 3 is 2.57 bits per heavy atom. The number of hydrogen-bond donors (Lipinski definition) is 2. The molecule has 2 N–H and O–H groups in total. The second-order valence-corrected chi connectivity index (χ2v) is 13.1. The summed E-state index contributed by atoms with van der Waals surface area (Å²) in [4.78, 5) is 30.2. The highest BCUT2D eigenvalue weighted by atomic mass is 32.2. The summed E-state index contributed by atoms with van der Waals surface area (Å²) in [6, 6.07) is 13.0. The summed E-state index contributed by atoms with van der Waals surface area (Å²) in [5.41, 5.74) is 1.13. The van der Waals surface area contributed by atoms with Gasteiger partial charge in [0, 0.05) is 56.8 Å². The molecule has 0 radical (unpaired) electrons. The molecule has 0 aromatic heterocycles. The Hall–Kier alpha value is -3.03. The lowest BCUT2D eigenvalue weighted by atomic mass is 10.0. The van der Waals surface area contributed by atoms with Crippen LogP contribution in [-0.2, 0) is 30.8 Å². The minimum absolute atomic E-state index is 0.00869. The smallest absolute Gasteiger partial charge is 0.242 e. The molecule has 2 aliphatic heterocycles. The first-order chi connectivity index (χ1) is 20.1. The zero-order valence-corrected chi connectivity index (χ0v) is 25.4. The molecule has 4 rings (SSSR count). The molecule has 3 atom stereocenters. The zero-order valence-electron chi connectivity index (χ0n) is 24.6. The highest BCUT2D eigenvalue weighted by Gasteiger charge is 2.33. The molecule has 0 spiro atoms. The van der Waals surface area contributed by atoms with Crippen LogP contribution in [0.4, 0.5) is 5.69 Å². The van der Waals surface area contributed by atoms with E-state index < -0.39 is 22.2 Å². The maximum absolute atomic E-state index is 13.5. The first-order valence-electron chi connectivity index (χ1n) is 14.4. The Bertz CT molecular complexity index is 1320. The van der Waals surface area contributed by atoms with Crippen molar-refractivity contribution >= 4 is 27.5 Å². The van der Waals surface area contributed by atoms with E-state index in [2.05, 4.69) is 10.2 Å². The van der Waals surface area contributed by atoms with Gasteiger partial charge in [-0.2, -0.15) is 4.31 Å². The fraction of sp³-hybridized carbons (Fsp3) is 0.533. The van der Waals surface area contributed by atoms with Gasteiger partial charge in [-0.3, -0.25) is 14.5 Å². The van der Waals surface area contributed by atoms with Gasteiger partial charge in [-0.05, 0) is 37.3 Å². The van der Waals surface area contributed by atoms with E-state index in [-0.39, 0.29) is 48.7 Å².